The lowest BCUT2D eigenvalue weighted by Crippen LogP contribution is -2.51. The van der Waals surface area contributed by atoms with Crippen LogP contribution in [0.2, 0.25) is 5.02 Å². The fourth-order valence-electron chi connectivity index (χ4n) is 3.44. The third kappa shape index (κ3) is 7.91. The summed E-state index contributed by atoms with van der Waals surface area (Å²) in [4.78, 5) is 29.3. The summed E-state index contributed by atoms with van der Waals surface area (Å²) in [5, 5.41) is 3.57. The molecule has 1 atom stereocenters. The fraction of sp³-hybridized carbons (Fsp3) is 0.231. The van der Waals surface area contributed by atoms with Gasteiger partial charge >= 0.3 is 0 Å². The summed E-state index contributed by atoms with van der Waals surface area (Å²) >= 11 is 10.9. The second kappa shape index (κ2) is 12.8. The van der Waals surface area contributed by atoms with E-state index in [1.54, 1.807) is 17.0 Å². The Bertz CT molecular complexity index is 1060. The predicted molar refractivity (Wildman–Crippen MR) is 139 cm³/mol. The molecule has 7 heteroatoms. The first kappa shape index (κ1) is 25.3. The van der Waals surface area contributed by atoms with Crippen LogP contribution in [0.1, 0.15) is 18.1 Å². The van der Waals surface area contributed by atoms with E-state index in [1.165, 1.54) is 11.8 Å². The molecule has 3 aromatic rings. The maximum Gasteiger partial charge on any atom is 0.243 e. The lowest BCUT2D eigenvalue weighted by atomic mass is 10.0. The third-order valence-corrected chi connectivity index (χ3v) is 6.78. The Morgan fingerprint density at radius 1 is 1.00 bits per heavy atom. The zero-order chi connectivity index (χ0) is 23.6. The molecule has 0 radical (unpaired) electrons. The molecule has 2 amide bonds. The van der Waals surface area contributed by atoms with Crippen molar-refractivity contribution in [3.8, 4) is 0 Å². The predicted octanol–water partition coefficient (Wildman–Crippen LogP) is 5.97. The standard InChI is InChI=1S/C26H26BrClN2O2S/c1-2-29-26(32)24(16-19-7-4-3-5-8-19)30(17-20-9-6-10-21(27)15-20)25(31)18-33-23-13-11-22(28)12-14-23/h3-15,24H,2,16-18H2,1H3,(H,29,32)/t24-/m0/s1. The van der Waals surface area contributed by atoms with E-state index >= 15 is 0 Å². The van der Waals surface area contributed by atoms with Crippen molar-refractivity contribution in [2.75, 3.05) is 12.3 Å². The highest BCUT2D eigenvalue weighted by Gasteiger charge is 2.30. The molecular formula is C26H26BrClN2O2S. The summed E-state index contributed by atoms with van der Waals surface area (Å²) in [5.74, 6) is -0.0244. The summed E-state index contributed by atoms with van der Waals surface area (Å²) in [5.41, 5.74) is 1.96. The number of carbonyl (C=O) groups excluding carboxylic acids is 2. The van der Waals surface area contributed by atoms with Crippen LogP contribution in [0.25, 0.3) is 0 Å². The number of benzene rings is 3. The number of thioether (sulfide) groups is 1. The van der Waals surface area contributed by atoms with E-state index in [2.05, 4.69) is 21.2 Å². The second-order valence-electron chi connectivity index (χ2n) is 7.49. The molecule has 172 valence electrons. The minimum absolute atomic E-state index is 0.0953. The number of rotatable bonds is 10. The van der Waals surface area contributed by atoms with Gasteiger partial charge in [-0.2, -0.15) is 0 Å². The monoisotopic (exact) mass is 544 g/mol. The molecule has 0 aliphatic heterocycles. The molecular weight excluding hydrogens is 520 g/mol. The Morgan fingerprint density at radius 2 is 1.70 bits per heavy atom. The van der Waals surface area contributed by atoms with Crippen LogP contribution in [-0.4, -0.2) is 35.1 Å². The van der Waals surface area contributed by atoms with Gasteiger partial charge in [0.2, 0.25) is 11.8 Å². The van der Waals surface area contributed by atoms with E-state index in [9.17, 15) is 9.59 Å². The summed E-state index contributed by atoms with van der Waals surface area (Å²) in [6.45, 7) is 2.73. The van der Waals surface area contributed by atoms with Gasteiger partial charge in [0.1, 0.15) is 6.04 Å². The first-order valence-corrected chi connectivity index (χ1v) is 12.9. The minimum Gasteiger partial charge on any atom is -0.355 e. The summed E-state index contributed by atoms with van der Waals surface area (Å²) < 4.78 is 0.931. The van der Waals surface area contributed by atoms with Gasteiger partial charge in [0.25, 0.3) is 0 Å². The molecule has 3 aromatic carbocycles. The molecule has 0 aromatic heterocycles. The molecule has 0 spiro atoms. The molecule has 0 heterocycles. The highest BCUT2D eigenvalue weighted by atomic mass is 79.9. The molecule has 0 saturated heterocycles. The quantitative estimate of drug-likeness (QED) is 0.319. The maximum absolute atomic E-state index is 13.5. The van der Waals surface area contributed by atoms with Gasteiger partial charge in [-0.05, 0) is 54.4 Å². The summed E-state index contributed by atoms with van der Waals surface area (Å²) in [7, 11) is 0. The van der Waals surface area contributed by atoms with Crippen LogP contribution >= 0.6 is 39.3 Å². The molecule has 4 nitrogen and oxygen atoms in total. The zero-order valence-corrected chi connectivity index (χ0v) is 21.5. The topological polar surface area (TPSA) is 49.4 Å². The van der Waals surface area contributed by atoms with Crippen molar-refractivity contribution in [2.24, 2.45) is 0 Å². The number of hydrogen-bond donors (Lipinski definition) is 1. The Morgan fingerprint density at radius 3 is 2.36 bits per heavy atom. The Hall–Kier alpha value is -2.28. The average Bonchev–Trinajstić information content (AvgIpc) is 2.81. The van der Waals surface area contributed by atoms with E-state index in [0.29, 0.717) is 24.5 Å². The van der Waals surface area contributed by atoms with Crippen LogP contribution in [-0.2, 0) is 22.6 Å². The fourth-order valence-corrected chi connectivity index (χ4v) is 4.79. The first-order chi connectivity index (χ1) is 16.0. The Labute approximate surface area is 212 Å². The molecule has 0 bridgehead atoms. The van der Waals surface area contributed by atoms with Gasteiger partial charge in [0.05, 0.1) is 5.75 Å². The molecule has 33 heavy (non-hydrogen) atoms. The van der Waals surface area contributed by atoms with Crippen molar-refractivity contribution in [3.05, 3.63) is 99.5 Å². The molecule has 3 rings (SSSR count). The highest BCUT2D eigenvalue weighted by molar-refractivity contribution is 9.10. The zero-order valence-electron chi connectivity index (χ0n) is 18.3. The molecule has 0 aliphatic carbocycles. The first-order valence-electron chi connectivity index (χ1n) is 10.7. The van der Waals surface area contributed by atoms with Crippen LogP contribution in [0.4, 0.5) is 0 Å². The van der Waals surface area contributed by atoms with Gasteiger partial charge in [-0.3, -0.25) is 9.59 Å². The van der Waals surface area contributed by atoms with Crippen molar-refractivity contribution in [2.45, 2.75) is 30.8 Å². The van der Waals surface area contributed by atoms with Crippen molar-refractivity contribution in [3.63, 3.8) is 0 Å². The molecule has 0 fully saturated rings. The van der Waals surface area contributed by atoms with Gasteiger partial charge in [0, 0.05) is 33.9 Å². The smallest absolute Gasteiger partial charge is 0.243 e. The number of likely N-dealkylation sites (N-methyl/N-ethyl adjacent to an activating group) is 1. The maximum atomic E-state index is 13.5. The van der Waals surface area contributed by atoms with Crippen LogP contribution < -0.4 is 5.32 Å². The van der Waals surface area contributed by atoms with E-state index in [-0.39, 0.29) is 17.6 Å². The van der Waals surface area contributed by atoms with Crippen LogP contribution in [0, 0.1) is 0 Å². The number of nitrogens with one attached hydrogen (secondary N) is 1. The lowest BCUT2D eigenvalue weighted by molar-refractivity contribution is -0.139. The van der Waals surface area contributed by atoms with E-state index in [1.807, 2.05) is 73.7 Å². The normalized spacial score (nSPS) is 11.6. The minimum atomic E-state index is -0.621. The largest absolute Gasteiger partial charge is 0.355 e. The number of halogens is 2. The van der Waals surface area contributed by atoms with Gasteiger partial charge in [-0.15, -0.1) is 11.8 Å². The Balaban J connectivity index is 1.88. The number of carbonyl (C=O) groups is 2. The van der Waals surface area contributed by atoms with Crippen LogP contribution in [0.15, 0.2) is 88.2 Å². The summed E-state index contributed by atoms with van der Waals surface area (Å²) in [6, 6.07) is 24.4. The van der Waals surface area contributed by atoms with Crippen LogP contribution in [0.3, 0.4) is 0 Å². The lowest BCUT2D eigenvalue weighted by Gasteiger charge is -2.31. The van der Waals surface area contributed by atoms with Gasteiger partial charge < -0.3 is 10.2 Å². The summed E-state index contributed by atoms with van der Waals surface area (Å²) in [6.07, 6.45) is 0.442. The van der Waals surface area contributed by atoms with Crippen LogP contribution in [0.5, 0.6) is 0 Å². The van der Waals surface area contributed by atoms with E-state index in [4.69, 9.17) is 11.6 Å². The average molecular weight is 546 g/mol. The number of hydrogen-bond acceptors (Lipinski definition) is 3. The van der Waals surface area contributed by atoms with Crippen molar-refractivity contribution in [1.82, 2.24) is 10.2 Å². The third-order valence-electron chi connectivity index (χ3n) is 5.04. The molecule has 0 aliphatic rings. The number of amides is 2. The Kier molecular flexibility index (Phi) is 9.85. The SMILES string of the molecule is CCNC(=O)[C@H](Cc1ccccc1)N(Cc1cccc(Br)c1)C(=O)CSc1ccc(Cl)cc1. The molecule has 0 saturated carbocycles. The highest BCUT2D eigenvalue weighted by Crippen LogP contribution is 2.23. The van der Waals surface area contributed by atoms with Gasteiger partial charge in [-0.1, -0.05) is 70.0 Å². The number of nitrogens with zero attached hydrogens (tertiary/aromatic N) is 1. The van der Waals surface area contributed by atoms with Gasteiger partial charge in [-0.25, -0.2) is 0 Å². The van der Waals surface area contributed by atoms with Crippen molar-refractivity contribution < 1.29 is 9.59 Å². The van der Waals surface area contributed by atoms with Gasteiger partial charge in [0.15, 0.2) is 0 Å². The molecule has 0 unspecified atom stereocenters. The second-order valence-corrected chi connectivity index (χ2v) is 9.90. The molecule has 1 N–H and O–H groups in total. The van der Waals surface area contributed by atoms with E-state index < -0.39 is 6.04 Å². The van der Waals surface area contributed by atoms with Crippen molar-refractivity contribution in [1.29, 1.82) is 0 Å². The van der Waals surface area contributed by atoms with E-state index in [0.717, 1.165) is 20.5 Å². The van der Waals surface area contributed by atoms with Crippen molar-refractivity contribution >= 4 is 51.1 Å².